The van der Waals surface area contributed by atoms with Crippen LogP contribution in [0.25, 0.3) is 0 Å². The molecule has 0 aromatic heterocycles. The molecule has 0 radical (unpaired) electrons. The maximum Gasteiger partial charge on any atom is 0.329 e. The van der Waals surface area contributed by atoms with E-state index in [4.69, 9.17) is 34.8 Å². The number of rotatable bonds is 2. The number of hydrogen-bond donors (Lipinski definition) is 0. The molecule has 5 nitrogen and oxygen atoms in total. The molecule has 2 fully saturated rings. The van der Waals surface area contributed by atoms with Crippen molar-refractivity contribution in [2.75, 3.05) is 21.3 Å². The zero-order chi connectivity index (χ0) is 18.6. The number of hydrogen-bond acceptors (Lipinski definition) is 3. The summed E-state index contributed by atoms with van der Waals surface area (Å²) in [6, 6.07) is 10.3. The van der Waals surface area contributed by atoms with E-state index in [0.29, 0.717) is 26.4 Å². The van der Waals surface area contributed by atoms with E-state index in [1.165, 1.54) is 9.80 Å². The highest BCUT2D eigenvalue weighted by Gasteiger charge is 2.54. The molecule has 2 aromatic carbocycles. The summed E-state index contributed by atoms with van der Waals surface area (Å²) in [4.78, 5) is 16.2. The monoisotopic (exact) mass is 430 g/mol. The van der Waals surface area contributed by atoms with Crippen LogP contribution in [0.1, 0.15) is 0 Å². The van der Waals surface area contributed by atoms with Gasteiger partial charge in [0.05, 0.1) is 33.6 Å². The van der Waals surface area contributed by atoms with Crippen molar-refractivity contribution in [1.82, 2.24) is 0 Å². The first-order chi connectivity index (χ1) is 12.3. The van der Waals surface area contributed by atoms with Gasteiger partial charge < -0.3 is 0 Å². The Kier molecular flexibility index (Phi) is 4.34. The summed E-state index contributed by atoms with van der Waals surface area (Å²) in [7, 11) is -3.26. The summed E-state index contributed by atoms with van der Waals surface area (Å²) in [5.74, 6) is -0.169. The molecule has 9 heteroatoms. The standard InChI is InChI=1S/C17H13Cl3N2O3S/c18-10-1-3-11(4-2-10)21-15-8-26(24,25)9-16(15)22(17(21)23)12-5-6-13(19)14(20)7-12/h1-7,15-16H,8-9H2. The van der Waals surface area contributed by atoms with Gasteiger partial charge in [0.15, 0.2) is 9.84 Å². The number of carbonyl (C=O) groups is 1. The average molecular weight is 432 g/mol. The summed E-state index contributed by atoms with van der Waals surface area (Å²) < 4.78 is 24.5. The van der Waals surface area contributed by atoms with Crippen LogP contribution in [0.15, 0.2) is 42.5 Å². The Morgan fingerprint density at radius 1 is 0.808 bits per heavy atom. The van der Waals surface area contributed by atoms with E-state index in [-0.39, 0.29) is 17.5 Å². The molecule has 4 rings (SSSR count). The second-order valence-electron chi connectivity index (χ2n) is 6.31. The Morgan fingerprint density at radius 2 is 1.35 bits per heavy atom. The third-order valence-electron chi connectivity index (χ3n) is 4.66. The number of benzene rings is 2. The molecule has 2 unspecified atom stereocenters. The third-order valence-corrected chi connectivity index (χ3v) is 7.34. The van der Waals surface area contributed by atoms with Crippen LogP contribution in [0.5, 0.6) is 0 Å². The second kappa shape index (κ2) is 6.30. The Balaban J connectivity index is 1.81. The summed E-state index contributed by atoms with van der Waals surface area (Å²) in [6.07, 6.45) is 0. The third kappa shape index (κ3) is 2.95. The molecule has 0 saturated carbocycles. The molecule has 0 spiro atoms. The van der Waals surface area contributed by atoms with E-state index in [2.05, 4.69) is 0 Å². The van der Waals surface area contributed by atoms with Crippen molar-refractivity contribution in [1.29, 1.82) is 0 Å². The van der Waals surface area contributed by atoms with Crippen LogP contribution in [-0.2, 0) is 9.84 Å². The van der Waals surface area contributed by atoms with Crippen LogP contribution >= 0.6 is 34.8 Å². The van der Waals surface area contributed by atoms with Gasteiger partial charge in [-0.15, -0.1) is 0 Å². The largest absolute Gasteiger partial charge is 0.329 e. The van der Waals surface area contributed by atoms with Crippen molar-refractivity contribution in [3.63, 3.8) is 0 Å². The van der Waals surface area contributed by atoms with Crippen molar-refractivity contribution in [3.8, 4) is 0 Å². The van der Waals surface area contributed by atoms with Crippen molar-refractivity contribution in [2.24, 2.45) is 0 Å². The smallest absolute Gasteiger partial charge is 0.288 e. The Morgan fingerprint density at radius 3 is 1.92 bits per heavy atom. The van der Waals surface area contributed by atoms with Gasteiger partial charge in [-0.05, 0) is 42.5 Å². The molecule has 0 aliphatic carbocycles. The quantitative estimate of drug-likeness (QED) is 0.668. The van der Waals surface area contributed by atoms with E-state index in [1.54, 1.807) is 42.5 Å². The number of sulfone groups is 1. The molecule has 2 amide bonds. The molecule has 136 valence electrons. The molecule has 0 bridgehead atoms. The minimum absolute atomic E-state index is 0.0795. The van der Waals surface area contributed by atoms with Crippen LogP contribution in [0, 0.1) is 0 Å². The molecular formula is C17H13Cl3N2O3S. The van der Waals surface area contributed by atoms with Gasteiger partial charge in [0.1, 0.15) is 0 Å². The highest BCUT2D eigenvalue weighted by molar-refractivity contribution is 7.91. The predicted molar refractivity (Wildman–Crippen MR) is 104 cm³/mol. The van der Waals surface area contributed by atoms with E-state index in [0.717, 1.165) is 0 Å². The van der Waals surface area contributed by atoms with E-state index in [9.17, 15) is 13.2 Å². The number of anilines is 2. The fraction of sp³-hybridized carbons (Fsp3) is 0.235. The van der Waals surface area contributed by atoms with Gasteiger partial charge in [0.2, 0.25) is 0 Å². The predicted octanol–water partition coefficient (Wildman–Crippen LogP) is 4.26. The summed E-state index contributed by atoms with van der Waals surface area (Å²) in [5.41, 5.74) is 1.13. The number of carbonyl (C=O) groups excluding carboxylic acids is 1. The van der Waals surface area contributed by atoms with Crippen LogP contribution in [-0.4, -0.2) is 38.0 Å². The summed E-state index contributed by atoms with van der Waals surface area (Å²) in [6.45, 7) is 0. The van der Waals surface area contributed by atoms with E-state index in [1.807, 2.05) is 0 Å². The summed E-state index contributed by atoms with van der Waals surface area (Å²) >= 11 is 18.0. The summed E-state index contributed by atoms with van der Waals surface area (Å²) in [5, 5.41) is 1.21. The fourth-order valence-electron chi connectivity index (χ4n) is 3.54. The molecule has 2 aromatic rings. The van der Waals surface area contributed by atoms with E-state index < -0.39 is 21.9 Å². The number of amides is 2. The first-order valence-electron chi connectivity index (χ1n) is 7.80. The van der Waals surface area contributed by atoms with Crippen molar-refractivity contribution in [3.05, 3.63) is 57.5 Å². The Bertz CT molecular complexity index is 995. The first kappa shape index (κ1) is 17.9. The zero-order valence-corrected chi connectivity index (χ0v) is 16.4. The van der Waals surface area contributed by atoms with Gasteiger partial charge in [-0.2, -0.15) is 0 Å². The van der Waals surface area contributed by atoms with Crippen molar-refractivity contribution < 1.29 is 13.2 Å². The SMILES string of the molecule is O=C1N(c2ccc(Cl)cc2)C2CS(=O)(=O)CC2N1c1ccc(Cl)c(Cl)c1. The molecular weight excluding hydrogens is 419 g/mol. The number of nitrogens with zero attached hydrogens (tertiary/aromatic N) is 2. The lowest BCUT2D eigenvalue weighted by atomic mass is 10.1. The Labute approximate surface area is 166 Å². The molecule has 26 heavy (non-hydrogen) atoms. The molecule has 2 atom stereocenters. The molecule has 2 aliphatic rings. The number of fused-ring (bicyclic) bond motifs is 1. The second-order valence-corrected chi connectivity index (χ2v) is 9.71. The highest BCUT2D eigenvalue weighted by atomic mass is 35.5. The normalized spacial score (nSPS) is 24.2. The number of urea groups is 1. The van der Waals surface area contributed by atoms with Crippen LogP contribution < -0.4 is 9.80 Å². The number of halogens is 3. The van der Waals surface area contributed by atoms with Crippen LogP contribution in [0.4, 0.5) is 16.2 Å². The fourth-order valence-corrected chi connectivity index (χ4v) is 5.88. The van der Waals surface area contributed by atoms with Crippen molar-refractivity contribution >= 4 is 62.0 Å². The Hall–Kier alpha value is -1.47. The van der Waals surface area contributed by atoms with Gasteiger partial charge in [0, 0.05) is 16.4 Å². The van der Waals surface area contributed by atoms with Gasteiger partial charge in [-0.1, -0.05) is 34.8 Å². The van der Waals surface area contributed by atoms with Gasteiger partial charge >= 0.3 is 6.03 Å². The van der Waals surface area contributed by atoms with Crippen LogP contribution in [0.2, 0.25) is 15.1 Å². The molecule has 2 aliphatic heterocycles. The molecule has 0 N–H and O–H groups in total. The van der Waals surface area contributed by atoms with Gasteiger partial charge in [-0.25, -0.2) is 13.2 Å². The van der Waals surface area contributed by atoms with Gasteiger partial charge in [0.25, 0.3) is 0 Å². The lowest BCUT2D eigenvalue weighted by molar-refractivity contribution is 0.255. The molecule has 2 saturated heterocycles. The minimum atomic E-state index is -3.26. The lowest BCUT2D eigenvalue weighted by Crippen LogP contribution is -2.37. The van der Waals surface area contributed by atoms with Gasteiger partial charge in [-0.3, -0.25) is 9.80 Å². The van der Waals surface area contributed by atoms with Crippen molar-refractivity contribution in [2.45, 2.75) is 12.1 Å². The highest BCUT2D eigenvalue weighted by Crippen LogP contribution is 2.39. The lowest BCUT2D eigenvalue weighted by Gasteiger charge is -2.23. The minimum Gasteiger partial charge on any atom is -0.288 e. The maximum absolute atomic E-state index is 13.2. The first-order valence-corrected chi connectivity index (χ1v) is 10.8. The van der Waals surface area contributed by atoms with Crippen LogP contribution in [0.3, 0.4) is 0 Å². The zero-order valence-electron chi connectivity index (χ0n) is 13.3. The average Bonchev–Trinajstić information content (AvgIpc) is 3.00. The molecule has 2 heterocycles. The topological polar surface area (TPSA) is 57.7 Å². The maximum atomic E-state index is 13.2. The van der Waals surface area contributed by atoms with E-state index >= 15 is 0 Å².